The van der Waals surface area contributed by atoms with Crippen molar-refractivity contribution in [3.8, 4) is 11.3 Å². The molecule has 1 N–H and O–H groups in total. The minimum absolute atomic E-state index is 0.215. The number of amides is 1. The zero-order valence-electron chi connectivity index (χ0n) is 12.5. The summed E-state index contributed by atoms with van der Waals surface area (Å²) in [6.07, 6.45) is 1.62. The monoisotopic (exact) mass is 329 g/mol. The van der Waals surface area contributed by atoms with Crippen LogP contribution in [0.2, 0.25) is 0 Å². The van der Waals surface area contributed by atoms with Crippen LogP contribution in [0, 0.1) is 20.8 Å². The Labute approximate surface area is 136 Å². The highest BCUT2D eigenvalue weighted by atomic mass is 32.1. The van der Waals surface area contributed by atoms with Crippen LogP contribution in [0.25, 0.3) is 11.3 Å². The van der Waals surface area contributed by atoms with Gasteiger partial charge >= 0.3 is 0 Å². The molecular weight excluding hydrogens is 314 g/mol. The van der Waals surface area contributed by atoms with Gasteiger partial charge in [-0.2, -0.15) is 0 Å². The number of rotatable bonds is 3. The smallest absolute Gasteiger partial charge is 0.286 e. The summed E-state index contributed by atoms with van der Waals surface area (Å²) in [5, 5.41) is 7.59. The van der Waals surface area contributed by atoms with Gasteiger partial charge < -0.3 is 0 Å². The first-order valence-electron chi connectivity index (χ1n) is 6.79. The van der Waals surface area contributed by atoms with Gasteiger partial charge in [0, 0.05) is 22.5 Å². The maximum absolute atomic E-state index is 12.0. The molecule has 0 aliphatic rings. The summed E-state index contributed by atoms with van der Waals surface area (Å²) in [5.41, 5.74) is 5.67. The summed E-state index contributed by atoms with van der Waals surface area (Å²) < 4.78 is 0. The fourth-order valence-corrected chi connectivity index (χ4v) is 3.74. The van der Waals surface area contributed by atoms with Crippen LogP contribution >= 0.6 is 22.7 Å². The van der Waals surface area contributed by atoms with Gasteiger partial charge in [-0.15, -0.1) is 22.7 Å². The van der Waals surface area contributed by atoms with Gasteiger partial charge in [0.25, 0.3) is 5.91 Å². The Morgan fingerprint density at radius 1 is 1.14 bits per heavy atom. The van der Waals surface area contributed by atoms with E-state index in [4.69, 9.17) is 0 Å². The first kappa shape index (κ1) is 14.9. The topological polar surface area (TPSA) is 54.9 Å². The Morgan fingerprint density at radius 3 is 2.50 bits per heavy atom. The number of hydrogen-bond donors (Lipinski definition) is 1. The molecule has 1 aromatic carbocycles. The molecule has 0 bridgehead atoms. The molecule has 3 aromatic rings. The molecule has 2 aromatic heterocycles. The molecule has 6 heteroatoms. The summed E-state index contributed by atoms with van der Waals surface area (Å²) in [7, 11) is 0. The number of carbonyl (C=O) groups is 1. The van der Waals surface area contributed by atoms with Gasteiger partial charge in [0.15, 0.2) is 10.1 Å². The lowest BCUT2D eigenvalue weighted by Crippen LogP contribution is -2.11. The van der Waals surface area contributed by atoms with E-state index >= 15 is 0 Å². The number of hydrogen-bond acceptors (Lipinski definition) is 5. The van der Waals surface area contributed by atoms with E-state index < -0.39 is 0 Å². The minimum Gasteiger partial charge on any atom is -0.296 e. The second kappa shape index (κ2) is 5.98. The third-order valence-corrected chi connectivity index (χ3v) is 4.81. The highest BCUT2D eigenvalue weighted by Crippen LogP contribution is 2.31. The number of carbonyl (C=O) groups excluding carboxylic acids is 1. The van der Waals surface area contributed by atoms with Crippen LogP contribution in [0.4, 0.5) is 5.13 Å². The van der Waals surface area contributed by atoms with Crippen LogP contribution in [0.5, 0.6) is 0 Å². The third-order valence-electron chi connectivity index (χ3n) is 3.28. The molecule has 22 heavy (non-hydrogen) atoms. The molecule has 112 valence electrons. The van der Waals surface area contributed by atoms with E-state index in [1.54, 1.807) is 11.6 Å². The second-order valence-electron chi connectivity index (χ2n) is 5.10. The molecular formula is C16H15N3OS2. The summed E-state index contributed by atoms with van der Waals surface area (Å²) >= 11 is 2.74. The molecule has 0 spiro atoms. The third kappa shape index (κ3) is 2.93. The Hall–Kier alpha value is -2.05. The molecule has 4 nitrogen and oxygen atoms in total. The van der Waals surface area contributed by atoms with Gasteiger partial charge in [-0.1, -0.05) is 17.7 Å². The molecule has 0 aliphatic heterocycles. The minimum atomic E-state index is -0.215. The predicted molar refractivity (Wildman–Crippen MR) is 91.8 cm³/mol. The van der Waals surface area contributed by atoms with Gasteiger partial charge in [0.1, 0.15) is 0 Å². The maximum Gasteiger partial charge on any atom is 0.286 e. The van der Waals surface area contributed by atoms with E-state index in [9.17, 15) is 4.79 Å². The van der Waals surface area contributed by atoms with Crippen molar-refractivity contribution in [1.29, 1.82) is 0 Å². The lowest BCUT2D eigenvalue weighted by atomic mass is 9.98. The number of nitrogens with zero attached hydrogens (tertiary/aromatic N) is 2. The van der Waals surface area contributed by atoms with Crippen molar-refractivity contribution in [2.45, 2.75) is 20.8 Å². The number of benzene rings is 1. The van der Waals surface area contributed by atoms with Crippen molar-refractivity contribution in [3.63, 3.8) is 0 Å². The number of aromatic nitrogens is 2. The van der Waals surface area contributed by atoms with Crippen molar-refractivity contribution in [2.24, 2.45) is 0 Å². The van der Waals surface area contributed by atoms with Gasteiger partial charge in [-0.25, -0.2) is 9.97 Å². The lowest BCUT2D eigenvalue weighted by Gasteiger charge is -2.08. The fourth-order valence-electron chi connectivity index (χ4n) is 2.52. The summed E-state index contributed by atoms with van der Waals surface area (Å²) in [6, 6.07) is 4.30. The number of thiazole rings is 2. The quantitative estimate of drug-likeness (QED) is 0.772. The fraction of sp³-hybridized carbons (Fsp3) is 0.188. The zero-order valence-corrected chi connectivity index (χ0v) is 14.1. The van der Waals surface area contributed by atoms with Crippen LogP contribution in [-0.2, 0) is 0 Å². The Morgan fingerprint density at radius 2 is 1.86 bits per heavy atom. The van der Waals surface area contributed by atoms with Crippen LogP contribution in [0.3, 0.4) is 0 Å². The average Bonchev–Trinajstić information content (AvgIpc) is 3.08. The molecule has 2 heterocycles. The summed E-state index contributed by atoms with van der Waals surface area (Å²) in [5.74, 6) is -0.215. The van der Waals surface area contributed by atoms with Gasteiger partial charge in [0.05, 0.1) is 5.69 Å². The van der Waals surface area contributed by atoms with Crippen molar-refractivity contribution in [3.05, 3.63) is 50.8 Å². The van der Waals surface area contributed by atoms with Gasteiger partial charge in [-0.3, -0.25) is 10.1 Å². The molecule has 3 rings (SSSR count). The second-order valence-corrected chi connectivity index (χ2v) is 6.86. The summed E-state index contributed by atoms with van der Waals surface area (Å²) in [4.78, 5) is 20.5. The van der Waals surface area contributed by atoms with Crippen LogP contribution in [0.1, 0.15) is 26.5 Å². The van der Waals surface area contributed by atoms with Crippen molar-refractivity contribution in [1.82, 2.24) is 9.97 Å². The molecule has 0 unspecified atom stereocenters. The molecule has 0 saturated heterocycles. The molecule has 0 atom stereocenters. The van der Waals surface area contributed by atoms with Gasteiger partial charge in [-0.05, 0) is 31.9 Å². The number of nitrogens with one attached hydrogen (secondary N) is 1. The van der Waals surface area contributed by atoms with E-state index in [2.05, 4.69) is 48.2 Å². The van der Waals surface area contributed by atoms with E-state index in [0.29, 0.717) is 10.1 Å². The van der Waals surface area contributed by atoms with Crippen molar-refractivity contribution < 1.29 is 4.79 Å². The number of aryl methyl sites for hydroxylation is 3. The van der Waals surface area contributed by atoms with Crippen molar-refractivity contribution >= 4 is 33.7 Å². The Bertz CT molecular complexity index is 799. The molecule has 0 fully saturated rings. The van der Waals surface area contributed by atoms with E-state index in [-0.39, 0.29) is 5.91 Å². The van der Waals surface area contributed by atoms with Gasteiger partial charge in [0.2, 0.25) is 0 Å². The zero-order chi connectivity index (χ0) is 15.7. The van der Waals surface area contributed by atoms with Crippen LogP contribution in [-0.4, -0.2) is 15.9 Å². The van der Waals surface area contributed by atoms with Crippen LogP contribution in [0.15, 0.2) is 29.1 Å². The highest BCUT2D eigenvalue weighted by molar-refractivity contribution is 7.14. The average molecular weight is 329 g/mol. The molecule has 0 saturated carbocycles. The first-order valence-corrected chi connectivity index (χ1v) is 8.55. The predicted octanol–water partition coefficient (Wildman–Crippen LogP) is 4.44. The first-order chi connectivity index (χ1) is 10.5. The maximum atomic E-state index is 12.0. The van der Waals surface area contributed by atoms with Crippen molar-refractivity contribution in [2.75, 3.05) is 5.32 Å². The van der Waals surface area contributed by atoms with E-state index in [0.717, 1.165) is 11.3 Å². The normalized spacial score (nSPS) is 10.7. The largest absolute Gasteiger partial charge is 0.296 e. The van der Waals surface area contributed by atoms with Crippen LogP contribution < -0.4 is 5.32 Å². The Kier molecular flexibility index (Phi) is 4.04. The highest BCUT2D eigenvalue weighted by Gasteiger charge is 2.14. The lowest BCUT2D eigenvalue weighted by molar-refractivity contribution is 0.102. The Balaban J connectivity index is 1.87. The SMILES string of the molecule is Cc1cc(C)c(-c2csc(NC(=O)c3nccs3)n2)c(C)c1. The summed E-state index contributed by atoms with van der Waals surface area (Å²) in [6.45, 7) is 6.26. The number of anilines is 1. The van der Waals surface area contributed by atoms with E-state index in [1.807, 2.05) is 5.38 Å². The molecule has 0 radical (unpaired) electrons. The standard InChI is InChI=1S/C16H15N3OS2/c1-9-6-10(2)13(11(3)7-9)12-8-22-16(18-12)19-14(20)15-17-4-5-21-15/h4-8H,1-3H3,(H,18,19,20). The van der Waals surface area contributed by atoms with E-state index in [1.165, 1.54) is 39.4 Å². The molecule has 1 amide bonds. The molecule has 0 aliphatic carbocycles.